The summed E-state index contributed by atoms with van der Waals surface area (Å²) in [6.45, 7) is 4.36. The average molecular weight is 356 g/mol. The first-order chi connectivity index (χ1) is 9.63. The predicted molar refractivity (Wildman–Crippen MR) is 88.5 cm³/mol. The number of rotatable bonds is 6. The Balaban J connectivity index is 2.10. The molecule has 0 saturated heterocycles. The molecule has 0 saturated carbocycles. The minimum absolute atomic E-state index is 0.310. The second-order valence-corrected chi connectivity index (χ2v) is 6.38. The first-order valence-electron chi connectivity index (χ1n) is 6.99. The summed E-state index contributed by atoms with van der Waals surface area (Å²) in [5.74, 6) is 0.919. The second-order valence-electron chi connectivity index (χ2n) is 5.15. The molecule has 108 valence electrons. The maximum Gasteiger partial charge on any atom is 0.0631 e. The number of halogens is 2. The van der Waals surface area contributed by atoms with Crippen molar-refractivity contribution < 1.29 is 0 Å². The first-order valence-corrected chi connectivity index (χ1v) is 8.32. The van der Waals surface area contributed by atoms with E-state index in [1.807, 2.05) is 4.68 Å². The van der Waals surface area contributed by atoms with Gasteiger partial charge in [0.15, 0.2) is 0 Å². The molecule has 2 unspecified atom stereocenters. The molecule has 0 aliphatic carbocycles. The summed E-state index contributed by atoms with van der Waals surface area (Å²) in [6, 6.07) is 10.9. The van der Waals surface area contributed by atoms with Crippen LogP contribution in [0, 0.1) is 0 Å². The van der Waals surface area contributed by atoms with Crippen LogP contribution in [0.3, 0.4) is 0 Å². The molecule has 2 nitrogen and oxygen atoms in total. The van der Waals surface area contributed by atoms with Gasteiger partial charge in [0.25, 0.3) is 0 Å². The van der Waals surface area contributed by atoms with Gasteiger partial charge in [-0.05, 0) is 43.5 Å². The molecule has 0 aliphatic rings. The summed E-state index contributed by atoms with van der Waals surface area (Å²) >= 11 is 9.60. The van der Waals surface area contributed by atoms with Crippen molar-refractivity contribution in [3.63, 3.8) is 0 Å². The Kier molecular flexibility index (Phi) is 5.67. The SMILES string of the molecule is CCC(C)n1ccc(CC(CCl)c2ccc(Br)cc2)n1. The molecular formula is C16H20BrClN2. The third kappa shape index (κ3) is 3.86. The molecule has 0 amide bonds. The van der Waals surface area contributed by atoms with Crippen molar-refractivity contribution in [3.05, 3.63) is 52.3 Å². The van der Waals surface area contributed by atoms with E-state index in [0.29, 0.717) is 17.8 Å². The molecule has 0 fully saturated rings. The number of nitrogens with zero attached hydrogens (tertiary/aromatic N) is 2. The molecule has 1 heterocycles. The highest BCUT2D eigenvalue weighted by Gasteiger charge is 2.14. The van der Waals surface area contributed by atoms with Crippen molar-refractivity contribution in [1.29, 1.82) is 0 Å². The minimum atomic E-state index is 0.310. The largest absolute Gasteiger partial charge is 0.270 e. The molecular weight excluding hydrogens is 336 g/mol. The summed E-state index contributed by atoms with van der Waals surface area (Å²) in [5.41, 5.74) is 2.38. The van der Waals surface area contributed by atoms with Gasteiger partial charge in [0.05, 0.1) is 5.69 Å². The standard InChI is InChI=1S/C16H20BrClN2/c1-3-12(2)20-9-8-16(19-20)10-14(11-18)13-4-6-15(17)7-5-13/h4-9,12,14H,3,10-11H2,1-2H3. The van der Waals surface area contributed by atoms with Crippen molar-refractivity contribution in [2.24, 2.45) is 0 Å². The number of hydrogen-bond acceptors (Lipinski definition) is 1. The van der Waals surface area contributed by atoms with E-state index in [0.717, 1.165) is 23.0 Å². The number of aromatic nitrogens is 2. The Labute approximate surface area is 134 Å². The molecule has 0 bridgehead atoms. The highest BCUT2D eigenvalue weighted by Crippen LogP contribution is 2.24. The zero-order valence-electron chi connectivity index (χ0n) is 11.9. The molecule has 1 aromatic heterocycles. The van der Waals surface area contributed by atoms with Gasteiger partial charge < -0.3 is 0 Å². The van der Waals surface area contributed by atoms with Gasteiger partial charge in [-0.25, -0.2) is 0 Å². The van der Waals surface area contributed by atoms with Gasteiger partial charge in [-0.1, -0.05) is 35.0 Å². The lowest BCUT2D eigenvalue weighted by Gasteiger charge is -2.13. The lowest BCUT2D eigenvalue weighted by Crippen LogP contribution is -2.08. The van der Waals surface area contributed by atoms with E-state index in [1.54, 1.807) is 0 Å². The van der Waals surface area contributed by atoms with Crippen LogP contribution in [0.4, 0.5) is 0 Å². The van der Waals surface area contributed by atoms with Crippen LogP contribution >= 0.6 is 27.5 Å². The lowest BCUT2D eigenvalue weighted by molar-refractivity contribution is 0.472. The zero-order chi connectivity index (χ0) is 14.5. The normalized spacial score (nSPS) is 14.2. The zero-order valence-corrected chi connectivity index (χ0v) is 14.2. The highest BCUT2D eigenvalue weighted by atomic mass is 79.9. The Bertz CT molecular complexity index is 536. The van der Waals surface area contributed by atoms with E-state index < -0.39 is 0 Å². The quantitative estimate of drug-likeness (QED) is 0.653. The Morgan fingerprint density at radius 2 is 1.95 bits per heavy atom. The first kappa shape index (κ1) is 15.6. The topological polar surface area (TPSA) is 17.8 Å². The summed E-state index contributed by atoms with van der Waals surface area (Å²) in [5, 5.41) is 4.66. The maximum atomic E-state index is 6.14. The van der Waals surface area contributed by atoms with Crippen LogP contribution in [0.25, 0.3) is 0 Å². The van der Waals surface area contributed by atoms with Crippen molar-refractivity contribution in [2.75, 3.05) is 5.88 Å². The molecule has 2 rings (SSSR count). The third-order valence-corrected chi connectivity index (χ3v) is 4.59. The molecule has 4 heteroatoms. The van der Waals surface area contributed by atoms with Crippen LogP contribution in [0.5, 0.6) is 0 Å². The van der Waals surface area contributed by atoms with Gasteiger partial charge in [-0.3, -0.25) is 4.68 Å². The van der Waals surface area contributed by atoms with Crippen LogP contribution in [0.1, 0.15) is 43.5 Å². The summed E-state index contributed by atoms with van der Waals surface area (Å²) in [4.78, 5) is 0. The van der Waals surface area contributed by atoms with Crippen molar-refractivity contribution >= 4 is 27.5 Å². The van der Waals surface area contributed by atoms with Crippen LogP contribution < -0.4 is 0 Å². The van der Waals surface area contributed by atoms with Crippen LogP contribution in [-0.2, 0) is 6.42 Å². The Morgan fingerprint density at radius 1 is 1.25 bits per heavy atom. The van der Waals surface area contributed by atoms with Crippen LogP contribution in [0.15, 0.2) is 41.0 Å². The Morgan fingerprint density at radius 3 is 2.55 bits per heavy atom. The Hall–Kier alpha value is -0.800. The van der Waals surface area contributed by atoms with E-state index in [1.165, 1.54) is 5.56 Å². The van der Waals surface area contributed by atoms with E-state index in [-0.39, 0.29) is 0 Å². The average Bonchev–Trinajstić information content (AvgIpc) is 2.93. The maximum absolute atomic E-state index is 6.14. The summed E-state index contributed by atoms with van der Waals surface area (Å²) < 4.78 is 3.14. The van der Waals surface area contributed by atoms with Gasteiger partial charge in [0.1, 0.15) is 0 Å². The minimum Gasteiger partial charge on any atom is -0.270 e. The highest BCUT2D eigenvalue weighted by molar-refractivity contribution is 9.10. The van der Waals surface area contributed by atoms with E-state index in [9.17, 15) is 0 Å². The van der Waals surface area contributed by atoms with Gasteiger partial charge in [0.2, 0.25) is 0 Å². The van der Waals surface area contributed by atoms with Gasteiger partial charge in [0, 0.05) is 28.5 Å². The fourth-order valence-corrected chi connectivity index (χ4v) is 2.72. The third-order valence-electron chi connectivity index (χ3n) is 3.69. The van der Waals surface area contributed by atoms with Gasteiger partial charge in [-0.2, -0.15) is 5.10 Å². The molecule has 0 spiro atoms. The summed E-state index contributed by atoms with van der Waals surface area (Å²) in [7, 11) is 0. The summed E-state index contributed by atoms with van der Waals surface area (Å²) in [6.07, 6.45) is 4.04. The van der Waals surface area contributed by atoms with Gasteiger partial charge >= 0.3 is 0 Å². The van der Waals surface area contributed by atoms with E-state index in [2.05, 4.69) is 71.4 Å². The molecule has 0 radical (unpaired) electrons. The molecule has 0 N–H and O–H groups in total. The molecule has 2 aromatic rings. The lowest BCUT2D eigenvalue weighted by atomic mass is 9.96. The monoisotopic (exact) mass is 354 g/mol. The fourth-order valence-electron chi connectivity index (χ4n) is 2.17. The van der Waals surface area contributed by atoms with Crippen LogP contribution in [-0.4, -0.2) is 15.7 Å². The number of benzene rings is 1. The molecule has 0 aliphatic heterocycles. The number of alkyl halides is 1. The van der Waals surface area contributed by atoms with E-state index >= 15 is 0 Å². The van der Waals surface area contributed by atoms with Gasteiger partial charge in [-0.15, -0.1) is 11.6 Å². The van der Waals surface area contributed by atoms with E-state index in [4.69, 9.17) is 11.6 Å². The van der Waals surface area contributed by atoms with Crippen molar-refractivity contribution in [1.82, 2.24) is 9.78 Å². The predicted octanol–water partition coefficient (Wildman–Crippen LogP) is 5.18. The fraction of sp³-hybridized carbons (Fsp3) is 0.438. The second kappa shape index (κ2) is 7.28. The number of hydrogen-bond donors (Lipinski definition) is 0. The molecule has 2 atom stereocenters. The van der Waals surface area contributed by atoms with Crippen molar-refractivity contribution in [2.45, 2.75) is 38.6 Å². The molecule has 1 aromatic carbocycles. The van der Waals surface area contributed by atoms with Crippen LogP contribution in [0.2, 0.25) is 0 Å². The van der Waals surface area contributed by atoms with Crippen molar-refractivity contribution in [3.8, 4) is 0 Å². The smallest absolute Gasteiger partial charge is 0.0631 e. The molecule has 20 heavy (non-hydrogen) atoms.